The molecule has 0 bridgehead atoms. The molecular weight excluding hydrogens is 364 g/mol. The SMILES string of the molecule is CCCCn1c(SCC(=O)NC(C)COC)nnc1-c1ccc(OC)cc1. The summed E-state index contributed by atoms with van der Waals surface area (Å²) in [7, 11) is 3.26. The average molecular weight is 393 g/mol. The highest BCUT2D eigenvalue weighted by atomic mass is 32.2. The number of nitrogens with zero attached hydrogens (tertiary/aromatic N) is 3. The Hall–Kier alpha value is -2.06. The molecule has 7 nitrogen and oxygen atoms in total. The number of carbonyl (C=O) groups is 1. The van der Waals surface area contributed by atoms with E-state index in [1.54, 1.807) is 14.2 Å². The minimum absolute atomic E-state index is 0.0177. The highest BCUT2D eigenvalue weighted by Gasteiger charge is 2.16. The van der Waals surface area contributed by atoms with E-state index in [-0.39, 0.29) is 11.9 Å². The van der Waals surface area contributed by atoms with Crippen molar-refractivity contribution in [2.45, 2.75) is 44.4 Å². The Bertz CT molecular complexity index is 718. The van der Waals surface area contributed by atoms with Crippen LogP contribution in [0, 0.1) is 0 Å². The molecule has 1 heterocycles. The molecule has 1 unspecified atom stereocenters. The smallest absolute Gasteiger partial charge is 0.230 e. The second-order valence-electron chi connectivity index (χ2n) is 6.25. The van der Waals surface area contributed by atoms with Gasteiger partial charge in [-0.1, -0.05) is 25.1 Å². The highest BCUT2D eigenvalue weighted by Crippen LogP contribution is 2.26. The van der Waals surface area contributed by atoms with Crippen LogP contribution >= 0.6 is 11.8 Å². The summed E-state index contributed by atoms with van der Waals surface area (Å²) in [5, 5.41) is 12.3. The average Bonchev–Trinajstić information content (AvgIpc) is 3.07. The number of nitrogens with one attached hydrogen (secondary N) is 1. The minimum Gasteiger partial charge on any atom is -0.497 e. The Labute approximate surface area is 164 Å². The van der Waals surface area contributed by atoms with Gasteiger partial charge in [-0.3, -0.25) is 4.79 Å². The van der Waals surface area contributed by atoms with E-state index in [9.17, 15) is 4.79 Å². The Morgan fingerprint density at radius 1 is 1.26 bits per heavy atom. The Balaban J connectivity index is 2.11. The molecule has 0 spiro atoms. The molecule has 1 N–H and O–H groups in total. The van der Waals surface area contributed by atoms with Crippen molar-refractivity contribution in [3.05, 3.63) is 24.3 Å². The number of aromatic nitrogens is 3. The summed E-state index contributed by atoms with van der Waals surface area (Å²) in [5.74, 6) is 1.86. The molecule has 0 aliphatic rings. The van der Waals surface area contributed by atoms with Gasteiger partial charge in [0.25, 0.3) is 0 Å². The molecule has 2 aromatic rings. The lowest BCUT2D eigenvalue weighted by Gasteiger charge is -2.13. The summed E-state index contributed by atoms with van der Waals surface area (Å²) in [5.41, 5.74) is 0.976. The van der Waals surface area contributed by atoms with Gasteiger partial charge in [-0.25, -0.2) is 0 Å². The first-order valence-electron chi connectivity index (χ1n) is 9.07. The van der Waals surface area contributed by atoms with Gasteiger partial charge in [0.1, 0.15) is 5.75 Å². The molecular formula is C19H28N4O3S. The van der Waals surface area contributed by atoms with E-state index < -0.39 is 0 Å². The zero-order valence-electron chi connectivity index (χ0n) is 16.4. The van der Waals surface area contributed by atoms with Crippen molar-refractivity contribution >= 4 is 17.7 Å². The first-order valence-corrected chi connectivity index (χ1v) is 10.1. The van der Waals surface area contributed by atoms with Crippen LogP contribution in [0.15, 0.2) is 29.4 Å². The van der Waals surface area contributed by atoms with Crippen LogP contribution in [0.1, 0.15) is 26.7 Å². The van der Waals surface area contributed by atoms with Gasteiger partial charge < -0.3 is 19.4 Å². The van der Waals surface area contributed by atoms with E-state index in [0.717, 1.165) is 41.7 Å². The summed E-state index contributed by atoms with van der Waals surface area (Å²) in [6.45, 7) is 5.37. The molecule has 0 saturated carbocycles. The number of unbranched alkanes of at least 4 members (excludes halogenated alkanes) is 1. The summed E-state index contributed by atoms with van der Waals surface area (Å²) >= 11 is 1.40. The van der Waals surface area contributed by atoms with Gasteiger partial charge >= 0.3 is 0 Å². The third-order valence-corrected chi connectivity index (χ3v) is 4.92. The van der Waals surface area contributed by atoms with Crippen molar-refractivity contribution in [2.75, 3.05) is 26.6 Å². The number of rotatable bonds is 11. The number of hydrogen-bond acceptors (Lipinski definition) is 6. The largest absolute Gasteiger partial charge is 0.497 e. The third-order valence-electron chi connectivity index (χ3n) is 3.96. The predicted molar refractivity (Wildman–Crippen MR) is 107 cm³/mol. The number of methoxy groups -OCH3 is 2. The van der Waals surface area contributed by atoms with Crippen LogP contribution in [0.5, 0.6) is 5.75 Å². The van der Waals surface area contributed by atoms with E-state index in [1.165, 1.54) is 11.8 Å². The molecule has 1 aromatic carbocycles. The van der Waals surface area contributed by atoms with Gasteiger partial charge in [-0.2, -0.15) is 0 Å². The summed E-state index contributed by atoms with van der Waals surface area (Å²) < 4.78 is 12.3. The molecule has 27 heavy (non-hydrogen) atoms. The molecule has 0 radical (unpaired) electrons. The van der Waals surface area contributed by atoms with E-state index >= 15 is 0 Å². The number of ether oxygens (including phenoxy) is 2. The van der Waals surface area contributed by atoms with Crippen molar-refractivity contribution in [1.82, 2.24) is 20.1 Å². The summed E-state index contributed by atoms with van der Waals surface area (Å²) in [6.07, 6.45) is 2.09. The fraction of sp³-hybridized carbons (Fsp3) is 0.526. The van der Waals surface area contributed by atoms with Gasteiger partial charge in [-0.15, -0.1) is 10.2 Å². The molecule has 8 heteroatoms. The maximum Gasteiger partial charge on any atom is 0.230 e. The zero-order chi connectivity index (χ0) is 19.6. The first-order chi connectivity index (χ1) is 13.1. The fourth-order valence-electron chi connectivity index (χ4n) is 2.61. The Kier molecular flexibility index (Phi) is 8.60. The van der Waals surface area contributed by atoms with Crippen molar-refractivity contribution in [2.24, 2.45) is 0 Å². The number of carbonyl (C=O) groups excluding carboxylic acids is 1. The van der Waals surface area contributed by atoms with Crippen molar-refractivity contribution in [3.63, 3.8) is 0 Å². The first kappa shape index (κ1) is 21.2. The molecule has 0 aliphatic heterocycles. The van der Waals surface area contributed by atoms with Crippen LogP contribution in [0.3, 0.4) is 0 Å². The molecule has 2 rings (SSSR count). The van der Waals surface area contributed by atoms with Crippen LogP contribution < -0.4 is 10.1 Å². The standard InChI is InChI=1S/C19H28N4O3S/c1-5-6-11-23-18(15-7-9-16(26-4)10-8-15)21-22-19(23)27-13-17(24)20-14(2)12-25-3/h7-10,14H,5-6,11-13H2,1-4H3,(H,20,24). The number of hydrogen-bond donors (Lipinski definition) is 1. The fourth-order valence-corrected chi connectivity index (χ4v) is 3.38. The maximum atomic E-state index is 12.1. The lowest BCUT2D eigenvalue weighted by Crippen LogP contribution is -2.36. The number of benzene rings is 1. The Morgan fingerprint density at radius 3 is 2.63 bits per heavy atom. The van der Waals surface area contributed by atoms with Crippen molar-refractivity contribution in [3.8, 4) is 17.1 Å². The topological polar surface area (TPSA) is 78.3 Å². The number of amides is 1. The minimum atomic E-state index is -0.0411. The van der Waals surface area contributed by atoms with Crippen molar-refractivity contribution in [1.29, 1.82) is 0 Å². The van der Waals surface area contributed by atoms with Crippen LogP contribution in [0.4, 0.5) is 0 Å². The second-order valence-corrected chi connectivity index (χ2v) is 7.19. The van der Waals surface area contributed by atoms with Crippen LogP contribution in [-0.2, 0) is 16.1 Å². The summed E-state index contributed by atoms with van der Waals surface area (Å²) in [6, 6.07) is 7.74. The van der Waals surface area contributed by atoms with Crippen LogP contribution in [0.25, 0.3) is 11.4 Å². The molecule has 1 atom stereocenters. The predicted octanol–water partition coefficient (Wildman–Crippen LogP) is 3.00. The molecule has 148 valence electrons. The van der Waals surface area contributed by atoms with E-state index in [2.05, 4.69) is 27.0 Å². The van der Waals surface area contributed by atoms with Gasteiger partial charge in [0.15, 0.2) is 11.0 Å². The maximum absolute atomic E-state index is 12.1. The second kappa shape index (κ2) is 10.9. The van der Waals surface area contributed by atoms with Crippen molar-refractivity contribution < 1.29 is 14.3 Å². The third kappa shape index (κ3) is 6.25. The van der Waals surface area contributed by atoms with Gasteiger partial charge in [0.2, 0.25) is 5.91 Å². The van der Waals surface area contributed by atoms with Gasteiger partial charge in [0, 0.05) is 25.3 Å². The van der Waals surface area contributed by atoms with E-state index in [1.807, 2.05) is 31.2 Å². The quantitative estimate of drug-likeness (QED) is 0.592. The highest BCUT2D eigenvalue weighted by molar-refractivity contribution is 7.99. The number of thioether (sulfide) groups is 1. The normalized spacial score (nSPS) is 12.0. The lowest BCUT2D eigenvalue weighted by atomic mass is 10.2. The molecule has 1 aromatic heterocycles. The van der Waals surface area contributed by atoms with Crippen LogP contribution in [-0.4, -0.2) is 53.3 Å². The Morgan fingerprint density at radius 2 is 2.00 bits per heavy atom. The summed E-state index contributed by atoms with van der Waals surface area (Å²) in [4.78, 5) is 12.1. The van der Waals surface area contributed by atoms with E-state index in [0.29, 0.717) is 12.4 Å². The zero-order valence-corrected chi connectivity index (χ0v) is 17.2. The molecule has 1 amide bonds. The van der Waals surface area contributed by atoms with Gasteiger partial charge in [0.05, 0.1) is 19.5 Å². The van der Waals surface area contributed by atoms with Crippen LogP contribution in [0.2, 0.25) is 0 Å². The monoisotopic (exact) mass is 392 g/mol. The molecule has 0 aliphatic carbocycles. The van der Waals surface area contributed by atoms with E-state index in [4.69, 9.17) is 9.47 Å². The lowest BCUT2D eigenvalue weighted by molar-refractivity contribution is -0.119. The molecule has 0 fully saturated rings. The van der Waals surface area contributed by atoms with Gasteiger partial charge in [-0.05, 0) is 37.6 Å². The molecule has 0 saturated heterocycles.